The number of hydrogen-bond donors (Lipinski definition) is 2. The van der Waals surface area contributed by atoms with Crippen molar-refractivity contribution >= 4 is 17.6 Å². The van der Waals surface area contributed by atoms with Crippen molar-refractivity contribution in [2.24, 2.45) is 0 Å². The Labute approximate surface area is 121 Å². The number of furan rings is 1. The summed E-state index contributed by atoms with van der Waals surface area (Å²) in [5.41, 5.74) is 0. The first-order valence-corrected chi connectivity index (χ1v) is 6.54. The number of carbonyl (C=O) groups is 1. The molecule has 0 radical (unpaired) electrons. The average Bonchev–Trinajstić information content (AvgIpc) is 2.95. The summed E-state index contributed by atoms with van der Waals surface area (Å²) in [6.07, 6.45) is 1.56. The highest BCUT2D eigenvalue weighted by Gasteiger charge is 2.01. The molecular formula is C14H15ClN2O3. The highest BCUT2D eigenvalue weighted by molar-refractivity contribution is 6.30. The van der Waals surface area contributed by atoms with E-state index in [4.69, 9.17) is 20.8 Å². The van der Waals surface area contributed by atoms with E-state index in [2.05, 4.69) is 10.6 Å². The number of ether oxygens (including phenoxy) is 1. The summed E-state index contributed by atoms with van der Waals surface area (Å²) in [7, 11) is 0. The number of rotatable bonds is 6. The first kappa shape index (κ1) is 14.3. The Morgan fingerprint density at radius 1 is 1.25 bits per heavy atom. The molecule has 0 unspecified atom stereocenters. The number of hydrogen-bond acceptors (Lipinski definition) is 3. The summed E-state index contributed by atoms with van der Waals surface area (Å²) >= 11 is 5.83. The van der Waals surface area contributed by atoms with Gasteiger partial charge >= 0.3 is 6.03 Å². The Balaban J connectivity index is 1.59. The van der Waals surface area contributed by atoms with Crippen molar-refractivity contribution in [1.29, 1.82) is 0 Å². The Morgan fingerprint density at radius 2 is 2.15 bits per heavy atom. The maximum absolute atomic E-state index is 11.5. The smallest absolute Gasteiger partial charge is 0.315 e. The topological polar surface area (TPSA) is 63.5 Å². The van der Waals surface area contributed by atoms with E-state index in [0.717, 1.165) is 0 Å². The lowest BCUT2D eigenvalue weighted by atomic mass is 10.3. The molecule has 0 aliphatic rings. The van der Waals surface area contributed by atoms with Crippen LogP contribution in [0.1, 0.15) is 5.76 Å². The first-order valence-electron chi connectivity index (χ1n) is 6.16. The van der Waals surface area contributed by atoms with Gasteiger partial charge in [0.2, 0.25) is 0 Å². The van der Waals surface area contributed by atoms with Crippen LogP contribution >= 0.6 is 11.6 Å². The molecule has 20 heavy (non-hydrogen) atoms. The molecule has 2 aromatic rings. The van der Waals surface area contributed by atoms with Crippen molar-refractivity contribution in [3.05, 3.63) is 53.4 Å². The summed E-state index contributed by atoms with van der Waals surface area (Å²) in [5.74, 6) is 1.38. The molecule has 6 heteroatoms. The third-order valence-electron chi connectivity index (χ3n) is 2.46. The van der Waals surface area contributed by atoms with Crippen LogP contribution < -0.4 is 15.4 Å². The van der Waals surface area contributed by atoms with Gasteiger partial charge < -0.3 is 19.8 Å². The molecule has 0 spiro atoms. The highest BCUT2D eigenvalue weighted by atomic mass is 35.5. The van der Waals surface area contributed by atoms with Crippen LogP contribution in [-0.4, -0.2) is 19.2 Å². The second kappa shape index (κ2) is 7.45. The van der Waals surface area contributed by atoms with Crippen LogP contribution in [-0.2, 0) is 6.54 Å². The van der Waals surface area contributed by atoms with Crippen molar-refractivity contribution in [2.45, 2.75) is 6.54 Å². The molecular weight excluding hydrogens is 280 g/mol. The van der Waals surface area contributed by atoms with Gasteiger partial charge in [0.15, 0.2) is 0 Å². The monoisotopic (exact) mass is 294 g/mol. The van der Waals surface area contributed by atoms with Crippen LogP contribution in [0.2, 0.25) is 5.02 Å². The summed E-state index contributed by atoms with van der Waals surface area (Å²) in [6, 6.07) is 10.4. The Hall–Kier alpha value is -2.14. The van der Waals surface area contributed by atoms with Gasteiger partial charge in [-0.2, -0.15) is 0 Å². The zero-order chi connectivity index (χ0) is 14.2. The minimum Gasteiger partial charge on any atom is -0.492 e. The van der Waals surface area contributed by atoms with Gasteiger partial charge in [0.25, 0.3) is 0 Å². The molecule has 0 bridgehead atoms. The van der Waals surface area contributed by atoms with Gasteiger partial charge in [-0.05, 0) is 30.3 Å². The van der Waals surface area contributed by atoms with Gasteiger partial charge in [-0.3, -0.25) is 0 Å². The quantitative estimate of drug-likeness (QED) is 0.805. The Kier molecular flexibility index (Phi) is 5.32. The number of urea groups is 1. The number of halogens is 1. The molecule has 2 rings (SSSR count). The fourth-order valence-electron chi connectivity index (χ4n) is 1.53. The molecule has 0 aliphatic carbocycles. The third-order valence-corrected chi connectivity index (χ3v) is 2.69. The zero-order valence-corrected chi connectivity index (χ0v) is 11.5. The number of benzene rings is 1. The van der Waals surface area contributed by atoms with Gasteiger partial charge in [0, 0.05) is 5.02 Å². The predicted octanol–water partition coefficient (Wildman–Crippen LogP) is 2.81. The fraction of sp³-hybridized carbons (Fsp3) is 0.214. The number of carbonyl (C=O) groups excluding carboxylic acids is 1. The van der Waals surface area contributed by atoms with Gasteiger partial charge in [-0.1, -0.05) is 17.7 Å². The van der Waals surface area contributed by atoms with E-state index in [-0.39, 0.29) is 6.03 Å². The highest BCUT2D eigenvalue weighted by Crippen LogP contribution is 2.16. The number of amides is 2. The standard InChI is InChI=1S/C14H15ClN2O3/c15-11-3-1-4-12(9-11)20-8-6-16-14(18)17-10-13-5-2-7-19-13/h1-5,7,9H,6,8,10H2,(H2,16,17,18). The molecule has 0 aliphatic heterocycles. The van der Waals surface area contributed by atoms with Crippen molar-refractivity contribution in [1.82, 2.24) is 10.6 Å². The minimum absolute atomic E-state index is 0.268. The van der Waals surface area contributed by atoms with Crippen LogP contribution in [0.25, 0.3) is 0 Å². The molecule has 0 saturated heterocycles. The second-order valence-corrected chi connectivity index (χ2v) is 4.43. The van der Waals surface area contributed by atoms with Gasteiger partial charge in [0.1, 0.15) is 18.1 Å². The van der Waals surface area contributed by atoms with Crippen molar-refractivity contribution in [3.63, 3.8) is 0 Å². The zero-order valence-electron chi connectivity index (χ0n) is 10.8. The normalized spacial score (nSPS) is 10.1. The molecule has 5 nitrogen and oxygen atoms in total. The number of nitrogens with one attached hydrogen (secondary N) is 2. The molecule has 0 fully saturated rings. The Morgan fingerprint density at radius 3 is 2.90 bits per heavy atom. The van der Waals surface area contributed by atoms with Gasteiger partial charge in [-0.15, -0.1) is 0 Å². The van der Waals surface area contributed by atoms with Crippen molar-refractivity contribution in [3.8, 4) is 5.75 Å². The molecule has 0 saturated carbocycles. The van der Waals surface area contributed by atoms with E-state index in [0.29, 0.717) is 36.2 Å². The molecule has 1 aromatic heterocycles. The van der Waals surface area contributed by atoms with Crippen molar-refractivity contribution in [2.75, 3.05) is 13.2 Å². The van der Waals surface area contributed by atoms with Crippen LogP contribution in [0.5, 0.6) is 5.75 Å². The maximum atomic E-state index is 11.5. The molecule has 0 atom stereocenters. The van der Waals surface area contributed by atoms with Crippen LogP contribution in [0.3, 0.4) is 0 Å². The molecule has 1 heterocycles. The lowest BCUT2D eigenvalue weighted by Crippen LogP contribution is -2.37. The van der Waals surface area contributed by atoms with E-state index < -0.39 is 0 Å². The molecule has 1 aromatic carbocycles. The lowest BCUT2D eigenvalue weighted by Gasteiger charge is -2.08. The van der Waals surface area contributed by atoms with E-state index >= 15 is 0 Å². The molecule has 2 amide bonds. The SMILES string of the molecule is O=C(NCCOc1cccc(Cl)c1)NCc1ccco1. The van der Waals surface area contributed by atoms with Crippen LogP contribution in [0.15, 0.2) is 47.1 Å². The lowest BCUT2D eigenvalue weighted by molar-refractivity contribution is 0.235. The second-order valence-electron chi connectivity index (χ2n) is 3.99. The van der Waals surface area contributed by atoms with E-state index in [1.54, 1.807) is 36.6 Å². The summed E-state index contributed by atoms with van der Waals surface area (Å²) in [6.45, 7) is 1.12. The summed E-state index contributed by atoms with van der Waals surface area (Å²) in [5, 5.41) is 5.97. The third kappa shape index (κ3) is 4.85. The fourth-order valence-corrected chi connectivity index (χ4v) is 1.71. The minimum atomic E-state index is -0.268. The maximum Gasteiger partial charge on any atom is 0.315 e. The summed E-state index contributed by atoms with van der Waals surface area (Å²) in [4.78, 5) is 11.5. The van der Waals surface area contributed by atoms with Gasteiger partial charge in [0.05, 0.1) is 19.4 Å². The predicted molar refractivity (Wildman–Crippen MR) is 75.9 cm³/mol. The first-order chi connectivity index (χ1) is 9.74. The molecule has 2 N–H and O–H groups in total. The van der Waals surface area contributed by atoms with E-state index in [9.17, 15) is 4.79 Å². The van der Waals surface area contributed by atoms with Crippen molar-refractivity contribution < 1.29 is 13.9 Å². The molecule has 106 valence electrons. The Bertz CT molecular complexity index is 543. The largest absolute Gasteiger partial charge is 0.492 e. The van der Waals surface area contributed by atoms with E-state index in [1.807, 2.05) is 6.07 Å². The van der Waals surface area contributed by atoms with E-state index in [1.165, 1.54) is 0 Å². The van der Waals surface area contributed by atoms with Gasteiger partial charge in [-0.25, -0.2) is 4.79 Å². The van der Waals surface area contributed by atoms with Crippen LogP contribution in [0, 0.1) is 0 Å². The average molecular weight is 295 g/mol. The van der Waals surface area contributed by atoms with Crippen LogP contribution in [0.4, 0.5) is 4.79 Å². The summed E-state index contributed by atoms with van der Waals surface area (Å²) < 4.78 is 10.5.